The van der Waals surface area contributed by atoms with Crippen LogP contribution in [-0.4, -0.2) is 54.9 Å². The SMILES string of the molecule is COc1cc(N)c(NC(CO)(CO)CO)cc1OC. The van der Waals surface area contributed by atoms with Gasteiger partial charge in [0, 0.05) is 12.1 Å². The van der Waals surface area contributed by atoms with Crippen LogP contribution in [0.1, 0.15) is 0 Å². The van der Waals surface area contributed by atoms with Gasteiger partial charge in [0.2, 0.25) is 0 Å². The van der Waals surface area contributed by atoms with Crippen molar-refractivity contribution < 1.29 is 24.8 Å². The van der Waals surface area contributed by atoms with E-state index in [-0.39, 0.29) is 0 Å². The van der Waals surface area contributed by atoms with Crippen LogP contribution in [0.3, 0.4) is 0 Å². The van der Waals surface area contributed by atoms with Gasteiger partial charge < -0.3 is 35.8 Å². The number of nitrogen functional groups attached to an aromatic ring is 1. The molecule has 0 aliphatic rings. The Morgan fingerprint density at radius 1 is 1.05 bits per heavy atom. The summed E-state index contributed by atoms with van der Waals surface area (Å²) in [6.07, 6.45) is 0. The Morgan fingerprint density at radius 2 is 1.53 bits per heavy atom. The molecule has 0 atom stereocenters. The molecule has 7 nitrogen and oxygen atoms in total. The van der Waals surface area contributed by atoms with E-state index in [9.17, 15) is 15.3 Å². The molecule has 7 heteroatoms. The van der Waals surface area contributed by atoms with Crippen molar-refractivity contribution in [3.05, 3.63) is 12.1 Å². The number of hydrogen-bond donors (Lipinski definition) is 5. The molecule has 0 radical (unpaired) electrons. The summed E-state index contributed by atoms with van der Waals surface area (Å²) < 4.78 is 10.2. The maximum atomic E-state index is 9.28. The molecule has 0 heterocycles. The minimum atomic E-state index is -1.26. The number of rotatable bonds is 7. The van der Waals surface area contributed by atoms with E-state index >= 15 is 0 Å². The quantitative estimate of drug-likeness (QED) is 0.421. The Balaban J connectivity index is 3.13. The molecular formula is C12H20N2O5. The van der Waals surface area contributed by atoms with Gasteiger partial charge in [0.05, 0.1) is 45.4 Å². The highest BCUT2D eigenvalue weighted by Crippen LogP contribution is 2.35. The van der Waals surface area contributed by atoms with Crippen molar-refractivity contribution in [3.8, 4) is 11.5 Å². The molecule has 0 saturated carbocycles. The third kappa shape index (κ3) is 3.19. The number of hydrogen-bond acceptors (Lipinski definition) is 7. The summed E-state index contributed by atoms with van der Waals surface area (Å²) in [7, 11) is 2.97. The van der Waals surface area contributed by atoms with Crippen LogP contribution in [-0.2, 0) is 0 Å². The monoisotopic (exact) mass is 272 g/mol. The largest absolute Gasteiger partial charge is 0.493 e. The first kappa shape index (κ1) is 15.4. The number of aliphatic hydroxyl groups is 3. The van der Waals surface area contributed by atoms with Gasteiger partial charge in [0.1, 0.15) is 5.54 Å². The number of ether oxygens (including phenoxy) is 2. The highest BCUT2D eigenvalue weighted by atomic mass is 16.5. The van der Waals surface area contributed by atoms with Crippen LogP contribution < -0.4 is 20.5 Å². The Labute approximate surface area is 111 Å². The zero-order valence-corrected chi connectivity index (χ0v) is 11.0. The van der Waals surface area contributed by atoms with Gasteiger partial charge in [-0.3, -0.25) is 0 Å². The van der Waals surface area contributed by atoms with Crippen molar-refractivity contribution >= 4 is 11.4 Å². The smallest absolute Gasteiger partial charge is 0.162 e. The summed E-state index contributed by atoms with van der Waals surface area (Å²) in [6.45, 7) is -1.35. The molecule has 1 aromatic rings. The fourth-order valence-corrected chi connectivity index (χ4v) is 1.56. The number of methoxy groups -OCH3 is 2. The predicted molar refractivity (Wildman–Crippen MR) is 71.6 cm³/mol. The second-order valence-corrected chi connectivity index (χ2v) is 4.17. The predicted octanol–water partition coefficient (Wildman–Crippen LogP) is -0.586. The van der Waals surface area contributed by atoms with Crippen LogP contribution in [0.2, 0.25) is 0 Å². The van der Waals surface area contributed by atoms with Gasteiger partial charge in [0.25, 0.3) is 0 Å². The molecule has 1 rings (SSSR count). The molecule has 0 fully saturated rings. The summed E-state index contributed by atoms with van der Waals surface area (Å²) in [5.74, 6) is 0.912. The van der Waals surface area contributed by atoms with Gasteiger partial charge in [-0.1, -0.05) is 0 Å². The topological polar surface area (TPSA) is 117 Å². The maximum Gasteiger partial charge on any atom is 0.162 e. The molecule has 0 aliphatic carbocycles. The van der Waals surface area contributed by atoms with E-state index in [2.05, 4.69) is 5.32 Å². The van der Waals surface area contributed by atoms with Crippen LogP contribution in [0.5, 0.6) is 11.5 Å². The fourth-order valence-electron chi connectivity index (χ4n) is 1.56. The second-order valence-electron chi connectivity index (χ2n) is 4.17. The molecule has 19 heavy (non-hydrogen) atoms. The van der Waals surface area contributed by atoms with Gasteiger partial charge in [0.15, 0.2) is 11.5 Å². The van der Waals surface area contributed by atoms with Crippen LogP contribution >= 0.6 is 0 Å². The van der Waals surface area contributed by atoms with Gasteiger partial charge >= 0.3 is 0 Å². The van der Waals surface area contributed by atoms with Crippen LogP contribution in [0.25, 0.3) is 0 Å². The summed E-state index contributed by atoms with van der Waals surface area (Å²) in [5.41, 5.74) is 5.36. The molecule has 0 aliphatic heterocycles. The number of anilines is 2. The van der Waals surface area contributed by atoms with Crippen molar-refractivity contribution in [2.75, 3.05) is 45.1 Å². The molecular weight excluding hydrogens is 252 g/mol. The normalized spacial score (nSPS) is 11.2. The fraction of sp³-hybridized carbons (Fsp3) is 0.500. The zero-order valence-electron chi connectivity index (χ0n) is 11.0. The van der Waals surface area contributed by atoms with E-state index in [0.717, 1.165) is 0 Å². The van der Waals surface area contributed by atoms with E-state index in [4.69, 9.17) is 15.2 Å². The summed E-state index contributed by atoms with van der Waals surface area (Å²) in [5, 5.41) is 30.7. The zero-order chi connectivity index (χ0) is 14.5. The molecule has 0 bridgehead atoms. The Kier molecular flexibility index (Phi) is 5.22. The number of nitrogens with two attached hydrogens (primary N) is 1. The first-order valence-electron chi connectivity index (χ1n) is 5.68. The number of aliphatic hydroxyl groups excluding tert-OH is 3. The minimum absolute atomic E-state index is 0.345. The van der Waals surface area contributed by atoms with Gasteiger partial charge in [-0.15, -0.1) is 0 Å². The lowest BCUT2D eigenvalue weighted by molar-refractivity contribution is 0.0834. The van der Waals surface area contributed by atoms with Crippen LogP contribution in [0, 0.1) is 0 Å². The second kappa shape index (κ2) is 6.46. The summed E-state index contributed by atoms with van der Waals surface area (Å²) >= 11 is 0. The highest BCUT2D eigenvalue weighted by Gasteiger charge is 2.28. The van der Waals surface area contributed by atoms with Crippen molar-refractivity contribution in [1.82, 2.24) is 0 Å². The number of benzene rings is 1. The average molecular weight is 272 g/mol. The van der Waals surface area contributed by atoms with Crippen LogP contribution in [0.15, 0.2) is 12.1 Å². The third-order valence-electron chi connectivity index (χ3n) is 2.86. The molecule has 0 aromatic heterocycles. The Bertz CT molecular complexity index is 413. The van der Waals surface area contributed by atoms with Crippen molar-refractivity contribution in [1.29, 1.82) is 0 Å². The van der Waals surface area contributed by atoms with E-state index in [1.165, 1.54) is 14.2 Å². The first-order chi connectivity index (χ1) is 9.05. The molecule has 108 valence electrons. The molecule has 0 saturated heterocycles. The van der Waals surface area contributed by atoms with Crippen molar-refractivity contribution in [2.24, 2.45) is 0 Å². The highest BCUT2D eigenvalue weighted by molar-refractivity contribution is 5.72. The summed E-state index contributed by atoms with van der Waals surface area (Å²) in [4.78, 5) is 0. The van der Waals surface area contributed by atoms with Gasteiger partial charge in [-0.05, 0) is 0 Å². The average Bonchev–Trinajstić information content (AvgIpc) is 2.46. The van der Waals surface area contributed by atoms with Crippen LogP contribution in [0.4, 0.5) is 11.4 Å². The van der Waals surface area contributed by atoms with Crippen molar-refractivity contribution in [2.45, 2.75) is 5.54 Å². The van der Waals surface area contributed by atoms with Crippen molar-refractivity contribution in [3.63, 3.8) is 0 Å². The standard InChI is InChI=1S/C12H20N2O5/c1-18-10-3-8(13)9(4-11(10)19-2)14-12(5-15,6-16)7-17/h3-4,14-17H,5-7,13H2,1-2H3. The molecule has 6 N–H and O–H groups in total. The van der Waals surface area contributed by atoms with E-state index in [1.807, 2.05) is 0 Å². The molecule has 0 unspecified atom stereocenters. The van der Waals surface area contributed by atoms with E-state index in [0.29, 0.717) is 22.9 Å². The first-order valence-corrected chi connectivity index (χ1v) is 5.68. The summed E-state index contributed by atoms with van der Waals surface area (Å²) in [6, 6.07) is 3.13. The Morgan fingerprint density at radius 3 is 1.95 bits per heavy atom. The van der Waals surface area contributed by atoms with E-state index < -0.39 is 25.4 Å². The van der Waals surface area contributed by atoms with Gasteiger partial charge in [-0.25, -0.2) is 0 Å². The Hall–Kier alpha value is -1.70. The lowest BCUT2D eigenvalue weighted by atomic mass is 10.0. The molecule has 1 aromatic carbocycles. The number of nitrogens with one attached hydrogen (secondary N) is 1. The third-order valence-corrected chi connectivity index (χ3v) is 2.86. The van der Waals surface area contributed by atoms with Gasteiger partial charge in [-0.2, -0.15) is 0 Å². The lowest BCUT2D eigenvalue weighted by Gasteiger charge is -2.30. The molecule has 0 spiro atoms. The molecule has 0 amide bonds. The van der Waals surface area contributed by atoms with E-state index in [1.54, 1.807) is 12.1 Å². The lowest BCUT2D eigenvalue weighted by Crippen LogP contribution is -2.49. The minimum Gasteiger partial charge on any atom is -0.493 e. The maximum absolute atomic E-state index is 9.28.